The van der Waals surface area contributed by atoms with Crippen molar-refractivity contribution in [3.05, 3.63) is 53.4 Å². The maximum atomic E-state index is 14.1. The van der Waals surface area contributed by atoms with Crippen molar-refractivity contribution < 1.29 is 28.7 Å². The largest absolute Gasteiger partial charge is 0.444 e. The molecule has 5 fully saturated rings. The number of aromatic amines is 1. The van der Waals surface area contributed by atoms with Gasteiger partial charge < -0.3 is 45.5 Å². The lowest BCUT2D eigenvalue weighted by Crippen LogP contribution is -2.63. The van der Waals surface area contributed by atoms with E-state index in [0.717, 1.165) is 100.0 Å². The van der Waals surface area contributed by atoms with Crippen LogP contribution in [0.1, 0.15) is 103 Å². The number of piperidine rings is 3. The van der Waals surface area contributed by atoms with Crippen LogP contribution in [0.5, 0.6) is 0 Å². The van der Waals surface area contributed by atoms with Crippen LogP contribution in [-0.4, -0.2) is 177 Å². The average molecular weight is 988 g/mol. The summed E-state index contributed by atoms with van der Waals surface area (Å²) in [5.41, 5.74) is 6.85. The van der Waals surface area contributed by atoms with Gasteiger partial charge in [-0.3, -0.25) is 24.2 Å². The van der Waals surface area contributed by atoms with E-state index in [-0.39, 0.29) is 35.8 Å². The molecule has 0 spiro atoms. The summed E-state index contributed by atoms with van der Waals surface area (Å²) in [4.78, 5) is 77.0. The van der Waals surface area contributed by atoms with Gasteiger partial charge in [-0.2, -0.15) is 0 Å². The Kier molecular flexibility index (Phi) is 16.6. The minimum Gasteiger partial charge on any atom is -0.444 e. The number of nitrogens with one attached hydrogen (secondary N) is 3. The number of anilines is 1. The number of hydrogen-bond acceptors (Lipinski definition) is 12. The van der Waals surface area contributed by atoms with Gasteiger partial charge >= 0.3 is 6.09 Å². The van der Waals surface area contributed by atoms with Crippen LogP contribution >= 0.6 is 11.6 Å². The summed E-state index contributed by atoms with van der Waals surface area (Å²) in [6.07, 6.45) is 13.0. The first-order valence-corrected chi connectivity index (χ1v) is 26.2. The van der Waals surface area contributed by atoms with E-state index in [2.05, 4.69) is 50.5 Å². The molecule has 3 aromatic rings. The fourth-order valence-electron chi connectivity index (χ4n) is 10.8. The van der Waals surface area contributed by atoms with Gasteiger partial charge in [0.25, 0.3) is 0 Å². The van der Waals surface area contributed by atoms with Crippen molar-refractivity contribution in [3.8, 4) is 0 Å². The van der Waals surface area contributed by atoms with Crippen LogP contribution < -0.4 is 21.3 Å². The molecule has 3 radical (unpaired) electrons. The number of likely N-dealkylation sites (tertiary alicyclic amines) is 2. The Bertz CT molecular complexity index is 2210. The Labute approximate surface area is 415 Å². The van der Waals surface area contributed by atoms with Crippen LogP contribution in [0.3, 0.4) is 0 Å². The van der Waals surface area contributed by atoms with Crippen LogP contribution in [0.25, 0.3) is 11.0 Å². The number of carbonyl (C=O) groups excluding carboxylic acids is 4. The number of amides is 4. The molecule has 2 aromatic heterocycles. The normalized spacial score (nSPS) is 22.0. The molecule has 0 bridgehead atoms. The number of rotatable bonds is 14. The third kappa shape index (κ3) is 13.2. The third-order valence-corrected chi connectivity index (χ3v) is 15.9. The second-order valence-corrected chi connectivity index (χ2v) is 22.4. The van der Waals surface area contributed by atoms with E-state index >= 15 is 0 Å². The van der Waals surface area contributed by atoms with Gasteiger partial charge in [0.15, 0.2) is 0 Å². The number of hydrogen-bond donors (Lipinski definition) is 4. The Morgan fingerprint density at radius 1 is 0.841 bits per heavy atom. The van der Waals surface area contributed by atoms with E-state index in [1.54, 1.807) is 6.33 Å². The predicted octanol–water partition coefficient (Wildman–Crippen LogP) is 4.53. The van der Waals surface area contributed by atoms with Crippen LogP contribution in [-0.2, 0) is 29.0 Å². The molecule has 19 heteroatoms. The number of ether oxygens (including phenoxy) is 2. The summed E-state index contributed by atoms with van der Waals surface area (Å²) in [5, 5.41) is 6.92. The maximum Gasteiger partial charge on any atom is 0.408 e. The summed E-state index contributed by atoms with van der Waals surface area (Å²) in [6.45, 7) is 13.3. The first-order valence-electron chi connectivity index (χ1n) is 25.4. The molecule has 8 rings (SSSR count). The summed E-state index contributed by atoms with van der Waals surface area (Å²) in [6, 6.07) is 8.92. The molecular formula is C50H73ClN11O6Si. The van der Waals surface area contributed by atoms with Crippen molar-refractivity contribution in [2.75, 3.05) is 83.4 Å². The Balaban J connectivity index is 0.752. The van der Waals surface area contributed by atoms with Crippen molar-refractivity contribution in [1.29, 1.82) is 0 Å². The number of H-pyrrole nitrogens is 1. The molecule has 5 N–H and O–H groups in total. The van der Waals surface area contributed by atoms with Gasteiger partial charge in [-0.05, 0) is 108 Å². The number of halogens is 1. The fraction of sp³-hybridized carbons (Fsp3) is 0.680. The van der Waals surface area contributed by atoms with Gasteiger partial charge in [0.05, 0.1) is 39.9 Å². The second-order valence-electron chi connectivity index (χ2n) is 21.1. The number of nitrogens with zero attached hydrogens (tertiary/aromatic N) is 7. The van der Waals surface area contributed by atoms with Crippen molar-refractivity contribution in [3.63, 3.8) is 0 Å². The molecule has 4 saturated heterocycles. The molecule has 1 aromatic carbocycles. The zero-order valence-electron chi connectivity index (χ0n) is 40.9. The SMILES string of the molecule is CC(C)(C)OC(=O)N[C@@H](C(=O)N1CCC(OC2CCN(CC(=O)N3CCN(CC[C@@]([Si])(NC(=O)C4(N)CCN(c5ncnc6[nH]ccc56)CC4)c4ccc(Cl)cc4)CC3)CC2)CC1)C1CCCCC1. The monoisotopic (exact) mass is 987 g/mol. The number of aromatic nitrogens is 3. The van der Waals surface area contributed by atoms with E-state index in [4.69, 9.17) is 26.8 Å². The Hall–Kier alpha value is -4.33. The minimum absolute atomic E-state index is 0.00542. The zero-order valence-corrected chi connectivity index (χ0v) is 42.6. The fourth-order valence-corrected chi connectivity index (χ4v) is 11.3. The second kappa shape index (κ2) is 22.4. The molecule has 375 valence electrons. The summed E-state index contributed by atoms with van der Waals surface area (Å²) < 4.78 is 12.1. The number of carbonyl (C=O) groups is 4. The Morgan fingerprint density at radius 2 is 1.49 bits per heavy atom. The number of alkyl carbamates (subject to hydrolysis) is 1. The number of piperazine rings is 1. The van der Waals surface area contributed by atoms with Crippen molar-refractivity contribution in [2.45, 2.75) is 132 Å². The molecule has 1 saturated carbocycles. The highest BCUT2D eigenvalue weighted by Crippen LogP contribution is 2.32. The molecule has 4 aliphatic heterocycles. The van der Waals surface area contributed by atoms with Crippen LogP contribution in [0.2, 0.25) is 5.02 Å². The van der Waals surface area contributed by atoms with Gasteiger partial charge in [-0.1, -0.05) is 43.0 Å². The van der Waals surface area contributed by atoms with E-state index in [1.807, 2.05) is 67.1 Å². The Morgan fingerprint density at radius 3 is 2.14 bits per heavy atom. The highest BCUT2D eigenvalue weighted by molar-refractivity contribution is 6.30. The van der Waals surface area contributed by atoms with Gasteiger partial charge in [0.2, 0.25) is 17.7 Å². The third-order valence-electron chi connectivity index (χ3n) is 15.0. The molecular weight excluding hydrogens is 914 g/mol. The van der Waals surface area contributed by atoms with E-state index in [0.29, 0.717) is 76.6 Å². The summed E-state index contributed by atoms with van der Waals surface area (Å²) >= 11 is 6.30. The van der Waals surface area contributed by atoms with E-state index in [1.165, 1.54) is 6.42 Å². The molecule has 17 nitrogen and oxygen atoms in total. The predicted molar refractivity (Wildman–Crippen MR) is 267 cm³/mol. The molecule has 0 unspecified atom stereocenters. The van der Waals surface area contributed by atoms with E-state index < -0.39 is 28.4 Å². The quantitative estimate of drug-likeness (QED) is 0.165. The average Bonchev–Trinajstić information content (AvgIpc) is 3.83. The summed E-state index contributed by atoms with van der Waals surface area (Å²) in [5.74, 6) is 0.895. The topological polar surface area (TPSA) is 195 Å². The number of nitrogens with two attached hydrogens (primary N) is 1. The van der Waals surface area contributed by atoms with Crippen molar-refractivity contribution in [1.82, 2.24) is 45.2 Å². The highest BCUT2D eigenvalue weighted by atomic mass is 35.5. The number of benzene rings is 1. The van der Waals surface area contributed by atoms with Crippen molar-refractivity contribution >= 4 is 62.5 Å². The molecule has 6 heterocycles. The van der Waals surface area contributed by atoms with E-state index in [9.17, 15) is 19.2 Å². The standard InChI is InChI=1S/C50H73ClN11O6Si/c1-48(2,3)68-47(66)56-42(35-7-5-4-6-8-35)45(64)62-24-16-39(17-25-62)67-38-14-22-59(23-15-38)33-41(63)60-31-29-58(30-32-60)26-20-50(69,36-9-11-37(51)12-10-36)57-46(65)49(52)18-27-61(28-19-49)44-40-13-21-53-43(40)54-34-55-44/h9-13,21,34-35,38-39,42H,4-8,14-20,22-33,52H2,1-3H3,(H,56,66)(H,57,65)(H,53,54,55)/t42-,50+/m1/s1. The first kappa shape index (κ1) is 51.0. The lowest BCUT2D eigenvalue weighted by molar-refractivity contribution is -0.140. The molecule has 69 heavy (non-hydrogen) atoms. The van der Waals surface area contributed by atoms with Crippen LogP contribution in [0, 0.1) is 5.92 Å². The smallest absolute Gasteiger partial charge is 0.408 e. The molecule has 1 aliphatic carbocycles. The van der Waals surface area contributed by atoms with Gasteiger partial charge in [-0.15, -0.1) is 0 Å². The van der Waals surface area contributed by atoms with Crippen molar-refractivity contribution in [2.24, 2.45) is 11.7 Å². The highest BCUT2D eigenvalue weighted by Gasteiger charge is 2.42. The zero-order chi connectivity index (χ0) is 48.8. The lowest BCUT2D eigenvalue weighted by Gasteiger charge is -2.42. The molecule has 5 aliphatic rings. The van der Waals surface area contributed by atoms with Gasteiger partial charge in [0.1, 0.15) is 29.4 Å². The van der Waals surface area contributed by atoms with Crippen LogP contribution in [0.15, 0.2) is 42.9 Å². The lowest BCUT2D eigenvalue weighted by atomic mass is 9.83. The maximum absolute atomic E-state index is 14.1. The first-order chi connectivity index (χ1) is 33.0. The van der Waals surface area contributed by atoms with Gasteiger partial charge in [-0.25, -0.2) is 14.8 Å². The van der Waals surface area contributed by atoms with Gasteiger partial charge in [0, 0.05) is 88.4 Å². The molecule has 4 amide bonds. The summed E-state index contributed by atoms with van der Waals surface area (Å²) in [7, 11) is 4.04. The van der Waals surface area contributed by atoms with Crippen LogP contribution in [0.4, 0.5) is 10.6 Å². The minimum atomic E-state index is -1.07. The number of fused-ring (bicyclic) bond motifs is 1. The molecule has 2 atom stereocenters.